The molecule has 0 aliphatic heterocycles. The van der Waals surface area contributed by atoms with Gasteiger partial charge in [0, 0.05) is 16.6 Å². The molecule has 1 atom stereocenters. The molecule has 0 saturated heterocycles. The van der Waals surface area contributed by atoms with E-state index in [-0.39, 0.29) is 24.4 Å². The summed E-state index contributed by atoms with van der Waals surface area (Å²) in [6.07, 6.45) is 5.41. The van der Waals surface area contributed by atoms with E-state index in [1.165, 1.54) is 17.8 Å². The Morgan fingerprint density at radius 2 is 1.76 bits per heavy atom. The fourth-order valence-electron chi connectivity index (χ4n) is 4.61. The van der Waals surface area contributed by atoms with Crippen LogP contribution in [0.1, 0.15) is 43.0 Å². The van der Waals surface area contributed by atoms with Crippen molar-refractivity contribution in [1.29, 1.82) is 0 Å². The van der Waals surface area contributed by atoms with Gasteiger partial charge in [0.05, 0.1) is 5.52 Å². The highest BCUT2D eigenvalue weighted by Gasteiger charge is 2.35. The van der Waals surface area contributed by atoms with E-state index in [1.54, 1.807) is 9.58 Å². The molecule has 34 heavy (non-hydrogen) atoms. The molecule has 1 aliphatic rings. The summed E-state index contributed by atoms with van der Waals surface area (Å²) in [5, 5.41) is 13.5. The van der Waals surface area contributed by atoms with Crippen LogP contribution in [0, 0.1) is 0 Å². The summed E-state index contributed by atoms with van der Waals surface area (Å²) >= 11 is 1.48. The van der Waals surface area contributed by atoms with Gasteiger partial charge in [-0.25, -0.2) is 4.68 Å². The molecule has 0 radical (unpaired) electrons. The Hall–Kier alpha value is -3.52. The number of thiophene rings is 1. The largest absolute Gasteiger partial charge is 0.351 e. The van der Waals surface area contributed by atoms with Crippen molar-refractivity contribution in [3.63, 3.8) is 0 Å². The minimum atomic E-state index is -0.758. The number of nitrogens with one attached hydrogen (secondary N) is 1. The molecular formula is C26H27N5O2S. The number of hydrogen-bond acceptors (Lipinski definition) is 5. The van der Waals surface area contributed by atoms with E-state index in [0.717, 1.165) is 41.6 Å². The lowest BCUT2D eigenvalue weighted by molar-refractivity contribution is -0.127. The predicted molar refractivity (Wildman–Crippen MR) is 134 cm³/mol. The van der Waals surface area contributed by atoms with Gasteiger partial charge in [-0.1, -0.05) is 60.9 Å². The zero-order chi connectivity index (χ0) is 23.3. The second kappa shape index (κ2) is 10.2. The Bertz CT molecular complexity index is 1250. The quantitative estimate of drug-likeness (QED) is 0.421. The van der Waals surface area contributed by atoms with Gasteiger partial charge in [0.15, 0.2) is 0 Å². The van der Waals surface area contributed by atoms with Crippen LogP contribution >= 0.6 is 11.3 Å². The van der Waals surface area contributed by atoms with Gasteiger partial charge in [-0.15, -0.1) is 16.4 Å². The molecular weight excluding hydrogens is 446 g/mol. The average molecular weight is 474 g/mol. The number of rotatable bonds is 7. The minimum Gasteiger partial charge on any atom is -0.351 e. The first-order chi connectivity index (χ1) is 16.7. The third-order valence-electron chi connectivity index (χ3n) is 6.28. The molecule has 1 saturated carbocycles. The first-order valence-electron chi connectivity index (χ1n) is 11.7. The first-order valence-corrected chi connectivity index (χ1v) is 12.6. The van der Waals surface area contributed by atoms with Crippen LogP contribution in [-0.2, 0) is 16.1 Å². The number of hydrogen-bond donors (Lipinski definition) is 1. The van der Waals surface area contributed by atoms with Gasteiger partial charge in [0.1, 0.15) is 18.1 Å². The van der Waals surface area contributed by atoms with Crippen molar-refractivity contribution in [3.05, 3.63) is 77.0 Å². The smallest absolute Gasteiger partial charge is 0.249 e. The summed E-state index contributed by atoms with van der Waals surface area (Å²) in [5.74, 6) is -0.367. The maximum atomic E-state index is 13.8. The molecule has 1 N–H and O–H groups in total. The van der Waals surface area contributed by atoms with Gasteiger partial charge in [-0.05, 0) is 48.6 Å². The minimum absolute atomic E-state index is 0.0198. The summed E-state index contributed by atoms with van der Waals surface area (Å²) < 4.78 is 1.60. The second-order valence-corrected chi connectivity index (χ2v) is 9.58. The third kappa shape index (κ3) is 4.72. The highest BCUT2D eigenvalue weighted by molar-refractivity contribution is 7.10. The number of carbonyl (C=O) groups excluding carboxylic acids is 2. The average Bonchev–Trinajstić information content (AvgIpc) is 3.54. The first kappa shape index (κ1) is 22.3. The summed E-state index contributed by atoms with van der Waals surface area (Å²) in [6, 6.07) is 20.2. The Morgan fingerprint density at radius 1 is 1.00 bits per heavy atom. The molecule has 2 amide bonds. The Morgan fingerprint density at radius 3 is 2.53 bits per heavy atom. The van der Waals surface area contributed by atoms with E-state index in [9.17, 15) is 9.59 Å². The van der Waals surface area contributed by atoms with Crippen LogP contribution in [0.25, 0.3) is 11.0 Å². The molecule has 0 spiro atoms. The SMILES string of the molecule is O=C(NC1CCCCC1)[C@@H](c1cccs1)N(C(=O)Cn1nnc2ccccc21)c1ccccc1. The van der Waals surface area contributed by atoms with Gasteiger partial charge in [0.25, 0.3) is 0 Å². The van der Waals surface area contributed by atoms with Crippen molar-refractivity contribution >= 4 is 39.9 Å². The van der Waals surface area contributed by atoms with Crippen molar-refractivity contribution in [2.24, 2.45) is 0 Å². The van der Waals surface area contributed by atoms with Crippen molar-refractivity contribution in [1.82, 2.24) is 20.3 Å². The van der Waals surface area contributed by atoms with Crippen molar-refractivity contribution in [2.75, 3.05) is 4.90 Å². The molecule has 0 bridgehead atoms. The second-order valence-electron chi connectivity index (χ2n) is 8.60. The topological polar surface area (TPSA) is 80.1 Å². The number of amides is 2. The predicted octanol–water partition coefficient (Wildman–Crippen LogP) is 4.72. The Kier molecular flexibility index (Phi) is 6.67. The summed E-state index contributed by atoms with van der Waals surface area (Å²) in [4.78, 5) is 30.0. The van der Waals surface area contributed by atoms with E-state index >= 15 is 0 Å². The van der Waals surface area contributed by atoms with Gasteiger partial charge < -0.3 is 5.32 Å². The molecule has 2 heterocycles. The van der Waals surface area contributed by atoms with Crippen LogP contribution in [0.5, 0.6) is 0 Å². The Labute approximate surface area is 202 Å². The van der Waals surface area contributed by atoms with Gasteiger partial charge in [-0.2, -0.15) is 0 Å². The number of benzene rings is 2. The van der Waals surface area contributed by atoms with Crippen LogP contribution in [0.2, 0.25) is 0 Å². The number of fused-ring (bicyclic) bond motifs is 1. The van der Waals surface area contributed by atoms with Crippen LogP contribution in [0.15, 0.2) is 72.1 Å². The summed E-state index contributed by atoms with van der Waals surface area (Å²) in [7, 11) is 0. The molecule has 1 aliphatic carbocycles. The monoisotopic (exact) mass is 473 g/mol. The highest BCUT2D eigenvalue weighted by Crippen LogP contribution is 2.32. The van der Waals surface area contributed by atoms with Gasteiger partial charge in [0.2, 0.25) is 11.8 Å². The standard InChI is InChI=1S/C26H27N5O2S/c32-24(18-30-22-15-8-7-14-21(22)28-29-30)31(20-12-5-2-6-13-20)25(23-16-9-17-34-23)26(33)27-19-10-3-1-4-11-19/h2,5-9,12-17,19,25H,1,3-4,10-11,18H2,(H,27,33)/t25-/m1/s1. The third-order valence-corrected chi connectivity index (χ3v) is 7.20. The van der Waals surface area contributed by atoms with Gasteiger partial charge in [-0.3, -0.25) is 14.5 Å². The number of carbonyl (C=O) groups is 2. The van der Waals surface area contributed by atoms with E-state index in [0.29, 0.717) is 5.69 Å². The van der Waals surface area contributed by atoms with Crippen molar-refractivity contribution in [3.8, 4) is 0 Å². The summed E-state index contributed by atoms with van der Waals surface area (Å²) in [5.41, 5.74) is 2.18. The van der Waals surface area contributed by atoms with Crippen LogP contribution in [0.3, 0.4) is 0 Å². The zero-order valence-electron chi connectivity index (χ0n) is 18.8. The maximum Gasteiger partial charge on any atom is 0.249 e. The maximum absolute atomic E-state index is 13.8. The fraction of sp³-hybridized carbons (Fsp3) is 0.308. The molecule has 8 heteroatoms. The van der Waals surface area contributed by atoms with E-state index in [2.05, 4.69) is 15.6 Å². The molecule has 0 unspecified atom stereocenters. The molecule has 7 nitrogen and oxygen atoms in total. The van der Waals surface area contributed by atoms with Crippen molar-refractivity contribution < 1.29 is 9.59 Å². The lowest BCUT2D eigenvalue weighted by atomic mass is 9.95. The normalized spacial score (nSPS) is 15.2. The van der Waals surface area contributed by atoms with E-state index < -0.39 is 6.04 Å². The van der Waals surface area contributed by atoms with E-state index in [4.69, 9.17) is 0 Å². The number of para-hydroxylation sites is 2. The lowest BCUT2D eigenvalue weighted by Crippen LogP contribution is -2.48. The summed E-state index contributed by atoms with van der Waals surface area (Å²) in [6.45, 7) is -0.0198. The molecule has 2 aromatic heterocycles. The Balaban J connectivity index is 1.50. The van der Waals surface area contributed by atoms with Crippen molar-refractivity contribution in [2.45, 2.75) is 50.7 Å². The van der Waals surface area contributed by atoms with E-state index in [1.807, 2.05) is 72.1 Å². The molecule has 5 rings (SSSR count). The lowest BCUT2D eigenvalue weighted by Gasteiger charge is -2.32. The van der Waals surface area contributed by atoms with Gasteiger partial charge >= 0.3 is 0 Å². The number of aromatic nitrogens is 3. The number of nitrogens with zero attached hydrogens (tertiary/aromatic N) is 4. The highest BCUT2D eigenvalue weighted by atomic mass is 32.1. The van der Waals surface area contributed by atoms with Crippen LogP contribution in [0.4, 0.5) is 5.69 Å². The molecule has 4 aromatic rings. The fourth-order valence-corrected chi connectivity index (χ4v) is 5.42. The molecule has 2 aromatic carbocycles. The zero-order valence-corrected chi connectivity index (χ0v) is 19.7. The van der Waals surface area contributed by atoms with Crippen LogP contribution < -0.4 is 10.2 Å². The van der Waals surface area contributed by atoms with Crippen LogP contribution in [-0.4, -0.2) is 32.9 Å². The molecule has 174 valence electrons. The number of anilines is 1. The molecule has 1 fully saturated rings.